The molecule has 2 aromatic heterocycles. The highest BCUT2D eigenvalue weighted by molar-refractivity contribution is 5.93. The van der Waals surface area contributed by atoms with E-state index in [0.717, 1.165) is 22.2 Å². The van der Waals surface area contributed by atoms with Crippen molar-refractivity contribution in [1.82, 2.24) is 14.5 Å². The van der Waals surface area contributed by atoms with Gasteiger partial charge in [0.25, 0.3) is 0 Å². The standard InChI is InChI=1S/C25H25N3O3/c1-4-31-20-12-13-22-21(14-20)24(18-10-8-17(9-11-18)16(2)3)27-25(30)28(22)15-19-6-5-7-23(29)26-19/h5-14,16H,4,15H2,1-3H3,(H,26,29). The maximum absolute atomic E-state index is 13.0. The van der Waals surface area contributed by atoms with Crippen LogP contribution < -0.4 is 16.0 Å². The Morgan fingerprint density at radius 1 is 1.03 bits per heavy atom. The van der Waals surface area contributed by atoms with Gasteiger partial charge in [0, 0.05) is 22.7 Å². The Balaban J connectivity index is 1.91. The van der Waals surface area contributed by atoms with E-state index in [0.29, 0.717) is 23.9 Å². The molecule has 0 atom stereocenters. The summed E-state index contributed by atoms with van der Waals surface area (Å²) in [6.07, 6.45) is 0. The average Bonchev–Trinajstić information content (AvgIpc) is 2.76. The van der Waals surface area contributed by atoms with Gasteiger partial charge in [-0.1, -0.05) is 44.2 Å². The summed E-state index contributed by atoms with van der Waals surface area (Å²) in [6.45, 7) is 6.99. The highest BCUT2D eigenvalue weighted by Crippen LogP contribution is 2.30. The summed E-state index contributed by atoms with van der Waals surface area (Å²) in [6, 6.07) is 18.7. The number of rotatable bonds is 6. The van der Waals surface area contributed by atoms with Gasteiger partial charge in [-0.15, -0.1) is 0 Å². The van der Waals surface area contributed by atoms with Crippen molar-refractivity contribution in [2.75, 3.05) is 6.61 Å². The van der Waals surface area contributed by atoms with Crippen LogP contribution in [0.5, 0.6) is 5.75 Å². The SMILES string of the molecule is CCOc1ccc2c(c1)c(-c1ccc(C(C)C)cc1)nc(=O)n2Cc1cccc(=O)[nH]1. The van der Waals surface area contributed by atoms with Crippen molar-refractivity contribution in [2.45, 2.75) is 33.2 Å². The number of aromatic amines is 1. The van der Waals surface area contributed by atoms with Gasteiger partial charge >= 0.3 is 5.69 Å². The fourth-order valence-electron chi connectivity index (χ4n) is 3.67. The van der Waals surface area contributed by atoms with Gasteiger partial charge in [0.1, 0.15) is 5.75 Å². The van der Waals surface area contributed by atoms with E-state index in [9.17, 15) is 9.59 Å². The molecule has 6 nitrogen and oxygen atoms in total. The van der Waals surface area contributed by atoms with Crippen molar-refractivity contribution in [2.24, 2.45) is 0 Å². The molecule has 2 aromatic carbocycles. The molecule has 2 heterocycles. The second-order valence-corrected chi connectivity index (χ2v) is 7.76. The van der Waals surface area contributed by atoms with Gasteiger partial charge < -0.3 is 9.72 Å². The Morgan fingerprint density at radius 3 is 2.48 bits per heavy atom. The normalized spacial score (nSPS) is 11.2. The Kier molecular flexibility index (Phi) is 5.71. The van der Waals surface area contributed by atoms with Crippen molar-refractivity contribution in [3.05, 3.63) is 92.8 Å². The van der Waals surface area contributed by atoms with Crippen LogP contribution in [0.4, 0.5) is 0 Å². The molecule has 158 valence electrons. The second kappa shape index (κ2) is 8.60. The number of nitrogens with zero attached hydrogens (tertiary/aromatic N) is 2. The summed E-state index contributed by atoms with van der Waals surface area (Å²) in [7, 11) is 0. The van der Waals surface area contributed by atoms with Crippen molar-refractivity contribution in [3.8, 4) is 17.0 Å². The molecular weight excluding hydrogens is 390 g/mol. The van der Waals surface area contributed by atoms with Crippen LogP contribution in [0, 0.1) is 0 Å². The molecule has 1 N–H and O–H groups in total. The first-order valence-corrected chi connectivity index (χ1v) is 10.4. The molecule has 4 rings (SSSR count). The number of fused-ring (bicyclic) bond motifs is 1. The van der Waals surface area contributed by atoms with E-state index < -0.39 is 0 Å². The third-order valence-corrected chi connectivity index (χ3v) is 5.27. The molecule has 6 heteroatoms. The molecule has 4 aromatic rings. The number of hydrogen-bond donors (Lipinski definition) is 1. The molecule has 0 amide bonds. The molecule has 31 heavy (non-hydrogen) atoms. The van der Waals surface area contributed by atoms with Crippen LogP contribution in [0.1, 0.15) is 37.9 Å². The molecule has 0 fully saturated rings. The van der Waals surface area contributed by atoms with Gasteiger partial charge in [-0.05, 0) is 42.7 Å². The number of ether oxygens (including phenoxy) is 1. The average molecular weight is 415 g/mol. The minimum absolute atomic E-state index is 0.205. The highest BCUT2D eigenvalue weighted by atomic mass is 16.5. The van der Waals surface area contributed by atoms with E-state index in [1.165, 1.54) is 11.6 Å². The Morgan fingerprint density at radius 2 is 1.81 bits per heavy atom. The Bertz CT molecular complexity index is 1330. The van der Waals surface area contributed by atoms with E-state index in [1.54, 1.807) is 16.7 Å². The summed E-state index contributed by atoms with van der Waals surface area (Å²) in [5, 5.41) is 0.820. The molecule has 0 aliphatic rings. The minimum atomic E-state index is -0.371. The lowest BCUT2D eigenvalue weighted by molar-refractivity contribution is 0.340. The van der Waals surface area contributed by atoms with Gasteiger partial charge in [0.15, 0.2) is 0 Å². The number of hydrogen-bond acceptors (Lipinski definition) is 4. The van der Waals surface area contributed by atoms with Crippen LogP contribution >= 0.6 is 0 Å². The third-order valence-electron chi connectivity index (χ3n) is 5.27. The summed E-state index contributed by atoms with van der Waals surface area (Å²) in [5.74, 6) is 1.14. The largest absolute Gasteiger partial charge is 0.494 e. The molecule has 0 aliphatic carbocycles. The van der Waals surface area contributed by atoms with Crippen LogP contribution in [0.3, 0.4) is 0 Å². The third kappa shape index (κ3) is 4.28. The zero-order valence-electron chi connectivity index (χ0n) is 17.9. The lowest BCUT2D eigenvalue weighted by atomic mass is 9.99. The predicted molar refractivity (Wildman–Crippen MR) is 123 cm³/mol. The van der Waals surface area contributed by atoms with Crippen LogP contribution in [-0.4, -0.2) is 21.1 Å². The number of nitrogens with one attached hydrogen (secondary N) is 1. The van der Waals surface area contributed by atoms with Gasteiger partial charge in [-0.3, -0.25) is 9.36 Å². The fourth-order valence-corrected chi connectivity index (χ4v) is 3.67. The molecular formula is C25H25N3O3. The number of aromatic nitrogens is 3. The van der Waals surface area contributed by atoms with Crippen LogP contribution in [0.15, 0.2) is 70.3 Å². The van der Waals surface area contributed by atoms with Crippen LogP contribution in [0.2, 0.25) is 0 Å². The second-order valence-electron chi connectivity index (χ2n) is 7.76. The molecule has 0 saturated carbocycles. The predicted octanol–water partition coefficient (Wildman–Crippen LogP) is 4.32. The quantitative estimate of drug-likeness (QED) is 0.509. The van der Waals surface area contributed by atoms with E-state index in [1.807, 2.05) is 37.3 Å². The highest BCUT2D eigenvalue weighted by Gasteiger charge is 2.14. The monoisotopic (exact) mass is 415 g/mol. The maximum atomic E-state index is 13.0. The summed E-state index contributed by atoms with van der Waals surface area (Å²) >= 11 is 0. The van der Waals surface area contributed by atoms with E-state index in [2.05, 4.69) is 35.9 Å². The summed E-state index contributed by atoms with van der Waals surface area (Å²) in [4.78, 5) is 31.9. The van der Waals surface area contributed by atoms with Crippen molar-refractivity contribution in [1.29, 1.82) is 0 Å². The number of H-pyrrole nitrogens is 1. The van der Waals surface area contributed by atoms with E-state index in [-0.39, 0.29) is 17.8 Å². The lowest BCUT2D eigenvalue weighted by Gasteiger charge is -2.15. The molecule has 0 radical (unpaired) electrons. The Labute approximate surface area is 180 Å². The number of pyridine rings is 1. The summed E-state index contributed by atoms with van der Waals surface area (Å²) < 4.78 is 7.27. The Hall–Kier alpha value is -3.67. The molecule has 0 saturated heterocycles. The molecule has 0 aliphatic heterocycles. The smallest absolute Gasteiger partial charge is 0.348 e. The fraction of sp³-hybridized carbons (Fsp3) is 0.240. The first-order chi connectivity index (χ1) is 15.0. The van der Waals surface area contributed by atoms with Gasteiger partial charge in [-0.25, -0.2) is 4.79 Å². The zero-order valence-corrected chi connectivity index (χ0v) is 17.9. The van der Waals surface area contributed by atoms with Crippen molar-refractivity contribution >= 4 is 10.9 Å². The maximum Gasteiger partial charge on any atom is 0.348 e. The minimum Gasteiger partial charge on any atom is -0.494 e. The van der Waals surface area contributed by atoms with E-state index >= 15 is 0 Å². The lowest BCUT2D eigenvalue weighted by Crippen LogP contribution is -2.25. The van der Waals surface area contributed by atoms with E-state index in [4.69, 9.17) is 4.74 Å². The van der Waals surface area contributed by atoms with Crippen LogP contribution in [-0.2, 0) is 6.54 Å². The number of benzene rings is 2. The topological polar surface area (TPSA) is 77.0 Å². The zero-order chi connectivity index (χ0) is 22.0. The first-order valence-electron chi connectivity index (χ1n) is 10.4. The van der Waals surface area contributed by atoms with Gasteiger partial charge in [0.05, 0.1) is 24.4 Å². The van der Waals surface area contributed by atoms with Crippen molar-refractivity contribution in [3.63, 3.8) is 0 Å². The van der Waals surface area contributed by atoms with Gasteiger partial charge in [0.2, 0.25) is 5.56 Å². The summed E-state index contributed by atoms with van der Waals surface area (Å²) in [5.41, 5.74) is 3.52. The van der Waals surface area contributed by atoms with Crippen molar-refractivity contribution < 1.29 is 4.74 Å². The molecule has 0 spiro atoms. The molecule has 0 bridgehead atoms. The first kappa shape index (κ1) is 20.6. The van der Waals surface area contributed by atoms with Crippen LogP contribution in [0.25, 0.3) is 22.2 Å². The van der Waals surface area contributed by atoms with Gasteiger partial charge in [-0.2, -0.15) is 4.98 Å². The molecule has 0 unspecified atom stereocenters.